The number of para-hydroxylation sites is 1. The van der Waals surface area contributed by atoms with E-state index in [0.717, 1.165) is 5.75 Å². The van der Waals surface area contributed by atoms with Gasteiger partial charge in [-0.2, -0.15) is 0 Å². The minimum Gasteiger partial charge on any atom is -0.489 e. The van der Waals surface area contributed by atoms with Crippen molar-refractivity contribution in [1.82, 2.24) is 0 Å². The number of halogens is 1. The van der Waals surface area contributed by atoms with Gasteiger partial charge in [0, 0.05) is 6.54 Å². The van der Waals surface area contributed by atoms with Crippen LogP contribution in [-0.2, 0) is 0 Å². The molecule has 0 fully saturated rings. The largest absolute Gasteiger partial charge is 0.489 e. The molecule has 2 N–H and O–H groups in total. The zero-order valence-corrected chi connectivity index (χ0v) is 9.73. The SMILES string of the molecule is Cc1cccc(C)c1OC(C)CN.Cl. The maximum atomic E-state index is 5.70. The Morgan fingerprint density at radius 3 is 2.21 bits per heavy atom. The molecule has 3 heteroatoms. The summed E-state index contributed by atoms with van der Waals surface area (Å²) in [5, 5.41) is 0. The third-order valence-corrected chi connectivity index (χ3v) is 2.06. The third kappa shape index (κ3) is 3.20. The number of nitrogens with two attached hydrogens (primary N) is 1. The molecule has 0 aliphatic carbocycles. The molecule has 0 aliphatic heterocycles. The van der Waals surface area contributed by atoms with E-state index < -0.39 is 0 Å². The van der Waals surface area contributed by atoms with Crippen molar-refractivity contribution in [2.45, 2.75) is 26.9 Å². The highest BCUT2D eigenvalue weighted by atomic mass is 35.5. The van der Waals surface area contributed by atoms with E-state index in [1.807, 2.05) is 39.0 Å². The predicted octanol–water partition coefficient (Wildman–Crippen LogP) is 2.45. The fourth-order valence-electron chi connectivity index (χ4n) is 1.23. The van der Waals surface area contributed by atoms with E-state index in [0.29, 0.717) is 6.54 Å². The molecule has 0 saturated heterocycles. The Morgan fingerprint density at radius 1 is 1.29 bits per heavy atom. The van der Waals surface area contributed by atoms with Crippen LogP contribution in [0, 0.1) is 13.8 Å². The zero-order chi connectivity index (χ0) is 9.84. The first-order valence-corrected chi connectivity index (χ1v) is 4.58. The molecule has 1 unspecified atom stereocenters. The van der Waals surface area contributed by atoms with Crippen LogP contribution in [0.25, 0.3) is 0 Å². The molecule has 14 heavy (non-hydrogen) atoms. The molecular weight excluding hydrogens is 198 g/mol. The van der Waals surface area contributed by atoms with Gasteiger partial charge < -0.3 is 10.5 Å². The van der Waals surface area contributed by atoms with Crippen LogP contribution in [0.5, 0.6) is 5.75 Å². The molecule has 0 radical (unpaired) electrons. The number of ether oxygens (including phenoxy) is 1. The fraction of sp³-hybridized carbons (Fsp3) is 0.455. The standard InChI is InChI=1S/C11H17NO.ClH/c1-8-5-4-6-9(2)11(8)13-10(3)7-12;/h4-6,10H,7,12H2,1-3H3;1H. The summed E-state index contributed by atoms with van der Waals surface area (Å²) in [6, 6.07) is 6.13. The summed E-state index contributed by atoms with van der Waals surface area (Å²) >= 11 is 0. The zero-order valence-electron chi connectivity index (χ0n) is 8.91. The van der Waals surface area contributed by atoms with E-state index in [4.69, 9.17) is 10.5 Å². The van der Waals surface area contributed by atoms with Crippen molar-refractivity contribution < 1.29 is 4.74 Å². The number of aryl methyl sites for hydroxylation is 2. The van der Waals surface area contributed by atoms with E-state index >= 15 is 0 Å². The van der Waals surface area contributed by atoms with Gasteiger partial charge in [-0.3, -0.25) is 0 Å². The second kappa shape index (κ2) is 5.89. The van der Waals surface area contributed by atoms with Gasteiger partial charge in [0.25, 0.3) is 0 Å². The van der Waals surface area contributed by atoms with E-state index in [9.17, 15) is 0 Å². The second-order valence-electron chi connectivity index (χ2n) is 3.39. The topological polar surface area (TPSA) is 35.2 Å². The maximum Gasteiger partial charge on any atom is 0.125 e. The van der Waals surface area contributed by atoms with Gasteiger partial charge in [-0.25, -0.2) is 0 Å². The number of hydrogen-bond donors (Lipinski definition) is 1. The van der Waals surface area contributed by atoms with Crippen LogP contribution >= 0.6 is 12.4 Å². The summed E-state index contributed by atoms with van der Waals surface area (Å²) in [5.41, 5.74) is 7.83. The lowest BCUT2D eigenvalue weighted by atomic mass is 10.1. The summed E-state index contributed by atoms with van der Waals surface area (Å²) < 4.78 is 5.70. The van der Waals surface area contributed by atoms with E-state index in [2.05, 4.69) is 0 Å². The average Bonchev–Trinajstić information content (AvgIpc) is 2.11. The Bertz CT molecular complexity index is 268. The Labute approximate surface area is 91.9 Å². The normalized spacial score (nSPS) is 11.7. The molecule has 0 aromatic heterocycles. The van der Waals surface area contributed by atoms with Crippen LogP contribution in [0.3, 0.4) is 0 Å². The summed E-state index contributed by atoms with van der Waals surface area (Å²) in [7, 11) is 0. The van der Waals surface area contributed by atoms with Crippen molar-refractivity contribution >= 4 is 12.4 Å². The Hall–Kier alpha value is -0.730. The molecule has 0 saturated carbocycles. The molecule has 2 nitrogen and oxygen atoms in total. The van der Waals surface area contributed by atoms with Gasteiger partial charge >= 0.3 is 0 Å². The third-order valence-electron chi connectivity index (χ3n) is 2.06. The molecule has 0 amide bonds. The summed E-state index contributed by atoms with van der Waals surface area (Å²) in [5.74, 6) is 0.973. The minimum atomic E-state index is 0. The van der Waals surface area contributed by atoms with Gasteiger partial charge in [-0.15, -0.1) is 12.4 Å². The molecule has 1 atom stereocenters. The monoisotopic (exact) mass is 215 g/mol. The first-order chi connectivity index (χ1) is 6.15. The van der Waals surface area contributed by atoms with Gasteiger partial charge in [0.1, 0.15) is 11.9 Å². The quantitative estimate of drug-likeness (QED) is 0.841. The van der Waals surface area contributed by atoms with Crippen LogP contribution in [0.2, 0.25) is 0 Å². The van der Waals surface area contributed by atoms with Crippen molar-refractivity contribution in [2.75, 3.05) is 6.54 Å². The molecule has 1 aromatic carbocycles. The second-order valence-corrected chi connectivity index (χ2v) is 3.39. The summed E-state index contributed by atoms with van der Waals surface area (Å²) in [6.45, 7) is 6.62. The lowest BCUT2D eigenvalue weighted by Gasteiger charge is -2.16. The Balaban J connectivity index is 0.00000169. The fourth-order valence-corrected chi connectivity index (χ4v) is 1.23. The van der Waals surface area contributed by atoms with E-state index in [-0.39, 0.29) is 18.5 Å². The lowest BCUT2D eigenvalue weighted by Crippen LogP contribution is -2.23. The van der Waals surface area contributed by atoms with Crippen molar-refractivity contribution in [1.29, 1.82) is 0 Å². The van der Waals surface area contributed by atoms with Crippen LogP contribution in [0.1, 0.15) is 18.1 Å². The summed E-state index contributed by atoms with van der Waals surface area (Å²) in [4.78, 5) is 0. The van der Waals surface area contributed by atoms with Gasteiger partial charge in [-0.05, 0) is 31.9 Å². The smallest absolute Gasteiger partial charge is 0.125 e. The van der Waals surface area contributed by atoms with Crippen molar-refractivity contribution in [3.05, 3.63) is 29.3 Å². The van der Waals surface area contributed by atoms with Crippen LogP contribution in [-0.4, -0.2) is 12.6 Å². The highest BCUT2D eigenvalue weighted by Gasteiger charge is 2.06. The van der Waals surface area contributed by atoms with Crippen LogP contribution in [0.4, 0.5) is 0 Å². The first kappa shape index (κ1) is 13.3. The van der Waals surface area contributed by atoms with Crippen molar-refractivity contribution in [3.63, 3.8) is 0 Å². The highest BCUT2D eigenvalue weighted by Crippen LogP contribution is 2.23. The van der Waals surface area contributed by atoms with Crippen LogP contribution < -0.4 is 10.5 Å². The predicted molar refractivity (Wildman–Crippen MR) is 62.3 cm³/mol. The van der Waals surface area contributed by atoms with Crippen molar-refractivity contribution in [2.24, 2.45) is 5.73 Å². The van der Waals surface area contributed by atoms with E-state index in [1.165, 1.54) is 11.1 Å². The highest BCUT2D eigenvalue weighted by molar-refractivity contribution is 5.85. The molecule has 1 rings (SSSR count). The average molecular weight is 216 g/mol. The van der Waals surface area contributed by atoms with Crippen LogP contribution in [0.15, 0.2) is 18.2 Å². The summed E-state index contributed by atoms with van der Waals surface area (Å²) in [6.07, 6.45) is 0.0831. The van der Waals surface area contributed by atoms with Gasteiger partial charge in [0.2, 0.25) is 0 Å². The van der Waals surface area contributed by atoms with Gasteiger partial charge in [0.15, 0.2) is 0 Å². The van der Waals surface area contributed by atoms with Crippen molar-refractivity contribution in [3.8, 4) is 5.75 Å². The van der Waals surface area contributed by atoms with Gasteiger partial charge in [-0.1, -0.05) is 18.2 Å². The number of benzene rings is 1. The van der Waals surface area contributed by atoms with Gasteiger partial charge in [0.05, 0.1) is 0 Å². The molecule has 80 valence electrons. The number of rotatable bonds is 3. The molecule has 1 aromatic rings. The Kier molecular flexibility index (Phi) is 5.58. The number of hydrogen-bond acceptors (Lipinski definition) is 2. The molecule has 0 heterocycles. The minimum absolute atomic E-state index is 0. The molecule has 0 aliphatic rings. The first-order valence-electron chi connectivity index (χ1n) is 4.58. The Morgan fingerprint density at radius 2 is 1.79 bits per heavy atom. The maximum absolute atomic E-state index is 5.70. The lowest BCUT2D eigenvalue weighted by molar-refractivity contribution is 0.227. The molecular formula is C11H18ClNO. The molecule has 0 spiro atoms. The van der Waals surface area contributed by atoms with E-state index in [1.54, 1.807) is 0 Å². The molecule has 0 bridgehead atoms.